The fraction of sp³-hybridized carbons (Fsp3) is 0.500. The monoisotopic (exact) mass is 185 g/mol. The second-order valence-electron chi connectivity index (χ2n) is 2.16. The number of aliphatic hydroxyl groups excluding tert-OH is 1. The molecule has 1 unspecified atom stereocenters. The first-order chi connectivity index (χ1) is 5.16. The first-order valence-corrected chi connectivity index (χ1v) is 4.53. The number of thiocarbonyl (C=S) groups is 1. The topological polar surface area (TPSA) is 23.5 Å². The van der Waals surface area contributed by atoms with Gasteiger partial charge in [-0.15, -0.1) is 0 Å². The van der Waals surface area contributed by atoms with E-state index in [0.717, 1.165) is 11.3 Å². The van der Waals surface area contributed by atoms with Crippen LogP contribution in [0.3, 0.4) is 0 Å². The van der Waals surface area contributed by atoms with Crippen molar-refractivity contribution in [2.75, 3.05) is 0 Å². The van der Waals surface area contributed by atoms with E-state index < -0.39 is 6.23 Å². The minimum Gasteiger partial charge on any atom is -0.384 e. The molecule has 0 aromatic carbocycles. The van der Waals surface area contributed by atoms with E-state index in [-0.39, 0.29) is 0 Å². The molecule has 1 atom stereocenters. The molecule has 1 aliphatic heterocycles. The van der Waals surface area contributed by atoms with Gasteiger partial charge in [0.2, 0.25) is 7.98 Å². The summed E-state index contributed by atoms with van der Waals surface area (Å²) in [6.45, 7) is 2.00. The summed E-state index contributed by atoms with van der Waals surface area (Å²) in [6, 6.07) is 0. The van der Waals surface area contributed by atoms with Crippen molar-refractivity contribution < 1.29 is 5.11 Å². The third kappa shape index (κ3) is 1.77. The first kappa shape index (κ1) is 9.10. The lowest BCUT2D eigenvalue weighted by Gasteiger charge is -2.14. The van der Waals surface area contributed by atoms with Crippen LogP contribution in [0.25, 0.3) is 0 Å². The van der Waals surface area contributed by atoms with Crippen LogP contribution in [-0.4, -0.2) is 28.4 Å². The van der Waals surface area contributed by atoms with E-state index in [0.29, 0.717) is 4.32 Å². The molecule has 2 radical (unpaired) electrons. The van der Waals surface area contributed by atoms with E-state index >= 15 is 0 Å². The normalized spacial score (nSPS) is 28.5. The zero-order valence-electron chi connectivity index (χ0n) is 6.15. The Balaban J connectivity index is 2.74. The summed E-state index contributed by atoms with van der Waals surface area (Å²) < 4.78 is 0.525. The average Bonchev–Trinajstić information content (AvgIpc) is 2.19. The number of nitrogens with zero attached hydrogens (tertiary/aromatic N) is 1. The molecule has 1 N–H and O–H groups in total. The van der Waals surface area contributed by atoms with Gasteiger partial charge in [0.25, 0.3) is 0 Å². The number of allylic oxidation sites excluding steroid dienone is 1. The summed E-state index contributed by atoms with van der Waals surface area (Å²) in [6.07, 6.45) is 2.08. The van der Waals surface area contributed by atoms with E-state index in [1.165, 1.54) is 16.6 Å². The molecule has 1 saturated heterocycles. The summed E-state index contributed by atoms with van der Waals surface area (Å²) >= 11 is 6.22. The lowest BCUT2D eigenvalue weighted by molar-refractivity contribution is 0.154. The van der Waals surface area contributed by atoms with Crippen molar-refractivity contribution in [3.05, 3.63) is 11.0 Å². The van der Waals surface area contributed by atoms with E-state index in [1.54, 1.807) is 0 Å². The second kappa shape index (κ2) is 3.60. The SMILES string of the molecule is [B]N1C(=S)S/C(=C/CC)C1O. The number of hydrogen-bond acceptors (Lipinski definition) is 3. The zero-order valence-corrected chi connectivity index (χ0v) is 7.78. The van der Waals surface area contributed by atoms with Crippen molar-refractivity contribution in [1.82, 2.24) is 4.81 Å². The van der Waals surface area contributed by atoms with Crippen LogP contribution in [0.1, 0.15) is 13.3 Å². The third-order valence-corrected chi connectivity index (χ3v) is 2.80. The molecule has 0 spiro atoms. The van der Waals surface area contributed by atoms with Crippen LogP contribution >= 0.6 is 24.0 Å². The van der Waals surface area contributed by atoms with Crippen LogP contribution in [0.4, 0.5) is 0 Å². The highest BCUT2D eigenvalue weighted by Gasteiger charge is 2.27. The molecule has 1 aliphatic rings. The highest BCUT2D eigenvalue weighted by Crippen LogP contribution is 2.32. The van der Waals surface area contributed by atoms with Gasteiger partial charge >= 0.3 is 0 Å². The van der Waals surface area contributed by atoms with Crippen LogP contribution in [0, 0.1) is 0 Å². The Kier molecular flexibility index (Phi) is 2.98. The fourth-order valence-corrected chi connectivity index (χ4v) is 2.06. The summed E-state index contributed by atoms with van der Waals surface area (Å²) in [7, 11) is 5.42. The number of thioether (sulfide) groups is 1. The molecule has 0 saturated carbocycles. The van der Waals surface area contributed by atoms with Gasteiger partial charge < -0.3 is 9.92 Å². The summed E-state index contributed by atoms with van der Waals surface area (Å²) in [4.78, 5) is 2.03. The molecule has 0 bridgehead atoms. The maximum atomic E-state index is 9.38. The number of hydrogen-bond donors (Lipinski definition) is 1. The minimum atomic E-state index is -0.729. The van der Waals surface area contributed by atoms with Crippen LogP contribution in [-0.2, 0) is 0 Å². The molecule has 0 amide bonds. The standard InChI is InChI=1S/C6H8BNOS2/c1-2-3-4-5(9)8(7)6(10)11-4/h3,5,9H,2H2,1H3/b4-3+. The highest BCUT2D eigenvalue weighted by atomic mass is 32.2. The van der Waals surface area contributed by atoms with Gasteiger partial charge in [-0.05, 0) is 6.42 Å². The molecule has 1 heterocycles. The Morgan fingerprint density at radius 3 is 2.91 bits per heavy atom. The molecular weight excluding hydrogens is 177 g/mol. The molecule has 11 heavy (non-hydrogen) atoms. The van der Waals surface area contributed by atoms with Crippen molar-refractivity contribution in [2.45, 2.75) is 19.6 Å². The Morgan fingerprint density at radius 1 is 1.91 bits per heavy atom. The smallest absolute Gasteiger partial charge is 0.232 e. The molecular formula is C6H8BNOS2. The van der Waals surface area contributed by atoms with Gasteiger partial charge in [0.05, 0.1) is 0 Å². The van der Waals surface area contributed by atoms with Gasteiger partial charge in [0.1, 0.15) is 10.5 Å². The first-order valence-electron chi connectivity index (χ1n) is 3.30. The largest absolute Gasteiger partial charge is 0.384 e. The van der Waals surface area contributed by atoms with Crippen molar-refractivity contribution in [3.8, 4) is 0 Å². The van der Waals surface area contributed by atoms with Crippen molar-refractivity contribution in [3.63, 3.8) is 0 Å². The second-order valence-corrected chi connectivity index (χ2v) is 3.87. The quantitative estimate of drug-likeness (QED) is 0.486. The Morgan fingerprint density at radius 2 is 2.55 bits per heavy atom. The van der Waals surface area contributed by atoms with E-state index in [1.807, 2.05) is 13.0 Å². The summed E-state index contributed by atoms with van der Waals surface area (Å²) in [5, 5.41) is 9.38. The van der Waals surface area contributed by atoms with Gasteiger partial charge in [-0.25, -0.2) is 0 Å². The molecule has 2 nitrogen and oxygen atoms in total. The van der Waals surface area contributed by atoms with Gasteiger partial charge in [-0.2, -0.15) is 0 Å². The van der Waals surface area contributed by atoms with Crippen LogP contribution in [0.15, 0.2) is 11.0 Å². The van der Waals surface area contributed by atoms with Crippen LogP contribution in [0.5, 0.6) is 0 Å². The Bertz CT molecular complexity index is 207. The molecule has 58 valence electrons. The van der Waals surface area contributed by atoms with E-state index in [9.17, 15) is 5.11 Å². The number of aliphatic hydroxyl groups is 1. The summed E-state index contributed by atoms with van der Waals surface area (Å²) in [5.41, 5.74) is 0. The zero-order chi connectivity index (χ0) is 8.43. The van der Waals surface area contributed by atoms with Crippen molar-refractivity contribution >= 4 is 36.3 Å². The van der Waals surface area contributed by atoms with Gasteiger partial charge in [0.15, 0.2) is 0 Å². The van der Waals surface area contributed by atoms with Gasteiger partial charge in [0, 0.05) is 4.91 Å². The molecule has 1 rings (SSSR count). The highest BCUT2D eigenvalue weighted by molar-refractivity contribution is 8.25. The predicted octanol–water partition coefficient (Wildman–Crippen LogP) is 1.02. The number of rotatable bonds is 1. The lowest BCUT2D eigenvalue weighted by Crippen LogP contribution is -2.29. The molecule has 1 fully saturated rings. The fourth-order valence-electron chi connectivity index (χ4n) is 0.791. The minimum absolute atomic E-state index is 0.525. The van der Waals surface area contributed by atoms with Gasteiger partial charge in [-0.3, -0.25) is 0 Å². The molecule has 0 aromatic heterocycles. The third-order valence-electron chi connectivity index (χ3n) is 1.34. The summed E-state index contributed by atoms with van der Waals surface area (Å²) in [5.74, 6) is 0. The van der Waals surface area contributed by atoms with Crippen molar-refractivity contribution in [1.29, 1.82) is 0 Å². The Labute approximate surface area is 77.1 Å². The average molecular weight is 185 g/mol. The maximum absolute atomic E-state index is 9.38. The van der Waals surface area contributed by atoms with Gasteiger partial charge in [-0.1, -0.05) is 37.0 Å². The van der Waals surface area contributed by atoms with Crippen LogP contribution < -0.4 is 0 Å². The van der Waals surface area contributed by atoms with Crippen LogP contribution in [0.2, 0.25) is 0 Å². The Hall–Kier alpha value is 0.00494. The van der Waals surface area contributed by atoms with Crippen molar-refractivity contribution in [2.24, 2.45) is 0 Å². The predicted molar refractivity (Wildman–Crippen MR) is 52.2 cm³/mol. The molecule has 0 aromatic rings. The van der Waals surface area contributed by atoms with E-state index in [2.05, 4.69) is 0 Å². The lowest BCUT2D eigenvalue weighted by atomic mass is 10.3. The molecule has 0 aliphatic carbocycles. The van der Waals surface area contributed by atoms with E-state index in [4.69, 9.17) is 20.2 Å². The maximum Gasteiger partial charge on any atom is 0.232 e. The molecule has 5 heteroatoms.